The van der Waals surface area contributed by atoms with E-state index in [0.29, 0.717) is 11.6 Å². The lowest BCUT2D eigenvalue weighted by atomic mass is 10.8. The minimum atomic E-state index is -0.502. The number of nitrogens with zero attached hydrogens (tertiary/aromatic N) is 4. The third-order valence-electron chi connectivity index (χ3n) is 1.000. The van der Waals surface area contributed by atoms with Crippen LogP contribution in [0.1, 0.15) is 19.1 Å². The molecule has 2 N–H and O–H groups in total. The molecule has 0 aliphatic rings. The molecule has 0 spiro atoms. The number of hydrogen-bond acceptors (Lipinski definition) is 6. The minimum absolute atomic E-state index is 0. The molecular weight excluding hydrogens is 188 g/mol. The normalized spacial score (nSPS) is 8.43. The highest BCUT2D eigenvalue weighted by Crippen LogP contribution is 1.72. The Bertz CT molecular complexity index is 388. The molecule has 0 amide bonds. The molecule has 2 heterocycles. The van der Waals surface area contributed by atoms with Crippen molar-refractivity contribution in [2.24, 2.45) is 0 Å². The van der Waals surface area contributed by atoms with Crippen LogP contribution in [0, 0.1) is 13.8 Å². The van der Waals surface area contributed by atoms with Gasteiger partial charge in [-0.05, 0) is 13.8 Å². The fourth-order valence-corrected chi connectivity index (χ4v) is 0.515. The fraction of sp³-hybridized carbons (Fsp3) is 0.500. The van der Waals surface area contributed by atoms with Gasteiger partial charge in [-0.1, -0.05) is 17.8 Å². The molecule has 0 radical (unpaired) electrons. The van der Waals surface area contributed by atoms with Crippen molar-refractivity contribution in [3.63, 3.8) is 0 Å². The Balaban J connectivity index is 0.000000227. The molecule has 2 rings (SSSR count). The summed E-state index contributed by atoms with van der Waals surface area (Å²) in [5.41, 5.74) is 0. The van der Waals surface area contributed by atoms with Crippen LogP contribution in [0.4, 0.5) is 0 Å². The summed E-state index contributed by atoms with van der Waals surface area (Å²) in [6.45, 7) is 3.41. The second-order valence-corrected chi connectivity index (χ2v) is 2.14. The average molecular weight is 200 g/mol. The van der Waals surface area contributed by atoms with Crippen LogP contribution in [-0.4, -0.2) is 30.8 Å². The number of aromatic nitrogens is 6. The maximum Gasteiger partial charge on any atom is 0.438 e. The lowest BCUT2D eigenvalue weighted by Gasteiger charge is -1.62. The number of aromatic amines is 2. The van der Waals surface area contributed by atoms with Gasteiger partial charge in [-0.25, -0.2) is 4.79 Å². The topological polar surface area (TPSA) is 113 Å². The first-order valence-corrected chi connectivity index (χ1v) is 3.41. The molecule has 8 nitrogen and oxygen atoms in total. The van der Waals surface area contributed by atoms with Crippen molar-refractivity contribution in [2.75, 3.05) is 0 Å². The van der Waals surface area contributed by atoms with Crippen molar-refractivity contribution in [2.45, 2.75) is 21.3 Å². The van der Waals surface area contributed by atoms with Gasteiger partial charge in [0.1, 0.15) is 5.82 Å². The zero-order valence-corrected chi connectivity index (χ0v) is 7.11. The smallest absolute Gasteiger partial charge is 0.296 e. The van der Waals surface area contributed by atoms with Crippen molar-refractivity contribution >= 4 is 0 Å². The summed E-state index contributed by atoms with van der Waals surface area (Å²) in [5.74, 6) is 0.678. The monoisotopic (exact) mass is 200 g/mol. The van der Waals surface area contributed by atoms with E-state index >= 15 is 0 Å². The summed E-state index contributed by atoms with van der Waals surface area (Å²) in [5, 5.41) is 16.0. The predicted molar refractivity (Wildman–Crippen MR) is 47.5 cm³/mol. The molecule has 2 aromatic heterocycles. The molecule has 0 fully saturated rings. The summed E-state index contributed by atoms with van der Waals surface area (Å²) >= 11 is 0. The van der Waals surface area contributed by atoms with Crippen molar-refractivity contribution in [3.05, 3.63) is 22.2 Å². The van der Waals surface area contributed by atoms with E-state index in [1.807, 2.05) is 0 Å². The van der Waals surface area contributed by atoms with Gasteiger partial charge in [0, 0.05) is 0 Å². The van der Waals surface area contributed by atoms with E-state index in [9.17, 15) is 4.79 Å². The summed E-state index contributed by atoms with van der Waals surface area (Å²) in [7, 11) is 0. The van der Waals surface area contributed by atoms with Crippen LogP contribution in [0.25, 0.3) is 0 Å². The molecule has 8 heteroatoms. The van der Waals surface area contributed by atoms with Gasteiger partial charge in [0.25, 0.3) is 0 Å². The van der Waals surface area contributed by atoms with Crippen molar-refractivity contribution in [1.29, 1.82) is 0 Å². The van der Waals surface area contributed by atoms with Crippen LogP contribution in [-0.2, 0) is 0 Å². The second-order valence-electron chi connectivity index (χ2n) is 2.14. The van der Waals surface area contributed by atoms with Gasteiger partial charge in [0.2, 0.25) is 0 Å². The number of H-pyrrole nitrogens is 2. The third-order valence-corrected chi connectivity index (χ3v) is 1.000. The van der Waals surface area contributed by atoms with Crippen LogP contribution < -0.4 is 5.76 Å². The first kappa shape index (κ1) is 12.0. The Kier molecular flexibility index (Phi) is 4.82. The van der Waals surface area contributed by atoms with Gasteiger partial charge in [-0.3, -0.25) is 9.51 Å². The van der Waals surface area contributed by atoms with Gasteiger partial charge < -0.3 is 0 Å². The molecule has 0 unspecified atom stereocenters. The molecule has 14 heavy (non-hydrogen) atoms. The van der Waals surface area contributed by atoms with Gasteiger partial charge in [-0.15, -0.1) is 10.2 Å². The molecule has 0 saturated heterocycles. The molecule has 0 atom stereocenters. The lowest BCUT2D eigenvalue weighted by Crippen LogP contribution is -1.93. The highest BCUT2D eigenvalue weighted by Gasteiger charge is 1.86. The van der Waals surface area contributed by atoms with Crippen LogP contribution in [0.5, 0.6) is 0 Å². The Hall–Kier alpha value is -1.99. The van der Waals surface area contributed by atoms with E-state index in [1.54, 1.807) is 13.8 Å². The zero-order valence-electron chi connectivity index (χ0n) is 7.11. The van der Waals surface area contributed by atoms with E-state index in [1.165, 1.54) is 0 Å². The van der Waals surface area contributed by atoms with E-state index in [-0.39, 0.29) is 7.43 Å². The predicted octanol–water partition coefficient (Wildman–Crippen LogP) is -0.184. The molecule has 0 aromatic carbocycles. The van der Waals surface area contributed by atoms with Crippen LogP contribution in [0.3, 0.4) is 0 Å². The molecule has 2 aromatic rings. The van der Waals surface area contributed by atoms with E-state index in [2.05, 4.69) is 35.3 Å². The zero-order chi connectivity index (χ0) is 9.68. The average Bonchev–Trinajstić information content (AvgIpc) is 2.64. The number of hydrogen-bond donors (Lipinski definition) is 2. The Morgan fingerprint density at radius 3 is 2.21 bits per heavy atom. The van der Waals surface area contributed by atoms with E-state index < -0.39 is 5.76 Å². The molecule has 0 saturated carbocycles. The highest BCUT2D eigenvalue weighted by atomic mass is 16.5. The minimum Gasteiger partial charge on any atom is -0.296 e. The Labute approximate surface area is 79.7 Å². The Morgan fingerprint density at radius 2 is 2.07 bits per heavy atom. The summed E-state index contributed by atoms with van der Waals surface area (Å²) < 4.78 is 4.10. The van der Waals surface area contributed by atoms with Crippen molar-refractivity contribution in [3.8, 4) is 0 Å². The maximum absolute atomic E-state index is 10.0. The van der Waals surface area contributed by atoms with Crippen LogP contribution >= 0.6 is 0 Å². The quantitative estimate of drug-likeness (QED) is 0.609. The largest absolute Gasteiger partial charge is 0.438 e. The SMILES string of the molecule is C.Cc1nn[nH]n1.Cc1noc(=O)[nH]1. The molecule has 78 valence electrons. The summed E-state index contributed by atoms with van der Waals surface area (Å²) in [4.78, 5) is 12.3. The second kappa shape index (κ2) is 5.62. The van der Waals surface area contributed by atoms with Crippen molar-refractivity contribution < 1.29 is 4.52 Å². The highest BCUT2D eigenvalue weighted by molar-refractivity contribution is 4.68. The maximum atomic E-state index is 10.0. The first-order valence-electron chi connectivity index (χ1n) is 3.41. The Morgan fingerprint density at radius 1 is 1.36 bits per heavy atom. The van der Waals surface area contributed by atoms with Gasteiger partial charge >= 0.3 is 5.76 Å². The molecule has 0 aliphatic carbocycles. The lowest BCUT2D eigenvalue weighted by molar-refractivity contribution is 0.383. The number of nitrogens with one attached hydrogen (secondary N) is 2. The van der Waals surface area contributed by atoms with Gasteiger partial charge in [-0.2, -0.15) is 5.21 Å². The molecule has 0 aliphatic heterocycles. The molecular formula is C6H12N6O2. The standard InChI is InChI=1S/C3H4N2O2.C2H4N4.CH4/c1-2-4-3(6)7-5-2;1-2-3-5-6-4-2;/h1H3,(H,4,5,6);1H3,(H,3,4,5,6);1H4. The van der Waals surface area contributed by atoms with Crippen molar-refractivity contribution in [1.82, 2.24) is 30.8 Å². The number of aryl methyl sites for hydroxylation is 2. The summed E-state index contributed by atoms with van der Waals surface area (Å²) in [6.07, 6.45) is 0. The van der Waals surface area contributed by atoms with Crippen LogP contribution in [0.15, 0.2) is 9.32 Å². The number of tetrazole rings is 1. The van der Waals surface area contributed by atoms with Gasteiger partial charge in [0.05, 0.1) is 0 Å². The van der Waals surface area contributed by atoms with Gasteiger partial charge in [0.15, 0.2) is 5.82 Å². The van der Waals surface area contributed by atoms with E-state index in [0.717, 1.165) is 0 Å². The molecule has 0 bridgehead atoms. The summed E-state index contributed by atoms with van der Waals surface area (Å²) in [6, 6.07) is 0. The number of rotatable bonds is 0. The third kappa shape index (κ3) is 4.14. The first-order chi connectivity index (χ1) is 6.18. The van der Waals surface area contributed by atoms with E-state index in [4.69, 9.17) is 0 Å². The van der Waals surface area contributed by atoms with Crippen LogP contribution in [0.2, 0.25) is 0 Å². The fourth-order valence-electron chi connectivity index (χ4n) is 0.515.